The van der Waals surface area contributed by atoms with E-state index in [4.69, 9.17) is 17.3 Å². The van der Waals surface area contributed by atoms with Crippen LogP contribution in [0.2, 0.25) is 5.02 Å². The molecule has 0 saturated heterocycles. The first-order valence-electron chi connectivity index (χ1n) is 6.11. The Morgan fingerprint density at radius 1 is 1.32 bits per heavy atom. The van der Waals surface area contributed by atoms with Crippen LogP contribution in [0.5, 0.6) is 0 Å². The summed E-state index contributed by atoms with van der Waals surface area (Å²) in [6.07, 6.45) is 1.93. The van der Waals surface area contributed by atoms with Crippen molar-refractivity contribution < 1.29 is 0 Å². The van der Waals surface area contributed by atoms with Crippen molar-refractivity contribution in [2.24, 2.45) is 0 Å². The molecule has 0 spiro atoms. The zero-order valence-electron chi connectivity index (χ0n) is 10.9. The second kappa shape index (κ2) is 6.05. The SMILES string of the molecule is CCCc1nc(-c2ccc(C)c(Cl)c2)nc(N)c1I. The Hall–Kier alpha value is -0.880. The molecule has 3 nitrogen and oxygen atoms in total. The van der Waals surface area contributed by atoms with Crippen molar-refractivity contribution >= 4 is 40.0 Å². The molecule has 0 radical (unpaired) electrons. The van der Waals surface area contributed by atoms with E-state index < -0.39 is 0 Å². The van der Waals surface area contributed by atoms with Crippen molar-refractivity contribution in [3.8, 4) is 11.4 Å². The molecule has 0 unspecified atom stereocenters. The van der Waals surface area contributed by atoms with Crippen molar-refractivity contribution in [1.29, 1.82) is 0 Å². The van der Waals surface area contributed by atoms with Crippen molar-refractivity contribution in [2.75, 3.05) is 5.73 Å². The second-order valence-corrected chi connectivity index (χ2v) is 5.89. The number of nitrogens with zero attached hydrogens (tertiary/aromatic N) is 2. The lowest BCUT2D eigenvalue weighted by Gasteiger charge is -2.09. The number of benzene rings is 1. The van der Waals surface area contributed by atoms with Crippen molar-refractivity contribution in [2.45, 2.75) is 26.7 Å². The third-order valence-corrected chi connectivity index (χ3v) is 4.44. The van der Waals surface area contributed by atoms with Crippen LogP contribution < -0.4 is 5.73 Å². The van der Waals surface area contributed by atoms with Crippen LogP contribution in [-0.4, -0.2) is 9.97 Å². The molecule has 0 amide bonds. The Kier molecular flexibility index (Phi) is 4.62. The first-order chi connectivity index (χ1) is 9.02. The number of nitrogen functional groups attached to an aromatic ring is 1. The van der Waals surface area contributed by atoms with Gasteiger partial charge in [0.15, 0.2) is 5.82 Å². The summed E-state index contributed by atoms with van der Waals surface area (Å²) in [4.78, 5) is 8.96. The summed E-state index contributed by atoms with van der Waals surface area (Å²) >= 11 is 8.35. The second-order valence-electron chi connectivity index (χ2n) is 4.41. The van der Waals surface area contributed by atoms with E-state index in [1.54, 1.807) is 0 Å². The number of aromatic nitrogens is 2. The van der Waals surface area contributed by atoms with Gasteiger partial charge in [0.1, 0.15) is 5.82 Å². The molecule has 0 saturated carbocycles. The Labute approximate surface area is 131 Å². The lowest BCUT2D eigenvalue weighted by Crippen LogP contribution is -2.05. The number of hydrogen-bond acceptors (Lipinski definition) is 3. The maximum absolute atomic E-state index is 6.15. The van der Waals surface area contributed by atoms with E-state index in [0.717, 1.165) is 38.3 Å². The van der Waals surface area contributed by atoms with Crippen LogP contribution in [0.15, 0.2) is 18.2 Å². The molecule has 0 bridgehead atoms. The highest BCUT2D eigenvalue weighted by atomic mass is 127. The molecule has 1 aromatic heterocycles. The summed E-state index contributed by atoms with van der Waals surface area (Å²) in [7, 11) is 0. The summed E-state index contributed by atoms with van der Waals surface area (Å²) in [5, 5.41) is 0.718. The summed E-state index contributed by atoms with van der Waals surface area (Å²) in [6.45, 7) is 4.09. The van der Waals surface area contributed by atoms with Gasteiger partial charge in [-0.05, 0) is 47.6 Å². The quantitative estimate of drug-likeness (QED) is 0.801. The average molecular weight is 388 g/mol. The first kappa shape index (κ1) is 14.5. The van der Waals surface area contributed by atoms with E-state index in [0.29, 0.717) is 11.6 Å². The van der Waals surface area contributed by atoms with E-state index in [9.17, 15) is 0 Å². The van der Waals surface area contributed by atoms with Gasteiger partial charge < -0.3 is 5.73 Å². The van der Waals surface area contributed by atoms with Crippen molar-refractivity contribution in [1.82, 2.24) is 9.97 Å². The van der Waals surface area contributed by atoms with Crippen LogP contribution >= 0.6 is 34.2 Å². The highest BCUT2D eigenvalue weighted by Crippen LogP contribution is 2.26. The fourth-order valence-corrected chi connectivity index (χ4v) is 2.47. The largest absolute Gasteiger partial charge is 0.383 e. The lowest BCUT2D eigenvalue weighted by molar-refractivity contribution is 0.869. The van der Waals surface area contributed by atoms with E-state index in [1.165, 1.54) is 0 Å². The molecule has 2 N–H and O–H groups in total. The van der Waals surface area contributed by atoms with Gasteiger partial charge in [0.05, 0.1) is 9.26 Å². The normalized spacial score (nSPS) is 10.7. The smallest absolute Gasteiger partial charge is 0.161 e. The van der Waals surface area contributed by atoms with E-state index in [2.05, 4.69) is 39.5 Å². The first-order valence-corrected chi connectivity index (χ1v) is 7.57. The van der Waals surface area contributed by atoms with Gasteiger partial charge in [-0.2, -0.15) is 0 Å². The van der Waals surface area contributed by atoms with Gasteiger partial charge in [-0.15, -0.1) is 0 Å². The minimum atomic E-state index is 0.533. The number of hydrogen-bond donors (Lipinski definition) is 1. The lowest BCUT2D eigenvalue weighted by atomic mass is 10.1. The molecule has 19 heavy (non-hydrogen) atoms. The fraction of sp³-hybridized carbons (Fsp3) is 0.286. The van der Waals surface area contributed by atoms with Gasteiger partial charge in [-0.25, -0.2) is 9.97 Å². The molecule has 2 aromatic rings. The highest BCUT2D eigenvalue weighted by molar-refractivity contribution is 14.1. The van der Waals surface area contributed by atoms with Crippen LogP contribution in [0.25, 0.3) is 11.4 Å². The number of nitrogens with two attached hydrogens (primary N) is 1. The van der Waals surface area contributed by atoms with Gasteiger partial charge in [-0.1, -0.05) is 37.1 Å². The molecule has 0 aliphatic carbocycles. The molecule has 5 heteroatoms. The molecule has 2 rings (SSSR count). The third kappa shape index (κ3) is 3.17. The highest BCUT2D eigenvalue weighted by Gasteiger charge is 2.11. The third-order valence-electron chi connectivity index (χ3n) is 2.86. The summed E-state index contributed by atoms with van der Waals surface area (Å²) < 4.78 is 0.946. The van der Waals surface area contributed by atoms with Crippen LogP contribution in [0, 0.1) is 10.5 Å². The Bertz CT molecular complexity index is 614. The standard InChI is InChI=1S/C14H15ClIN3/c1-3-4-11-12(16)13(17)19-14(18-11)9-6-5-8(2)10(15)7-9/h5-7H,3-4H2,1-2H3,(H2,17,18,19). The number of anilines is 1. The number of rotatable bonds is 3. The molecule has 0 atom stereocenters. The van der Waals surface area contributed by atoms with E-state index in [1.807, 2.05) is 25.1 Å². The number of aryl methyl sites for hydroxylation is 2. The van der Waals surface area contributed by atoms with Crippen LogP contribution in [-0.2, 0) is 6.42 Å². The summed E-state index contributed by atoms with van der Waals surface area (Å²) in [6, 6.07) is 5.82. The Morgan fingerprint density at radius 3 is 2.68 bits per heavy atom. The monoisotopic (exact) mass is 387 g/mol. The van der Waals surface area contributed by atoms with Crippen LogP contribution in [0.3, 0.4) is 0 Å². The minimum Gasteiger partial charge on any atom is -0.383 e. The van der Waals surface area contributed by atoms with Gasteiger partial charge in [0, 0.05) is 10.6 Å². The van der Waals surface area contributed by atoms with E-state index >= 15 is 0 Å². The minimum absolute atomic E-state index is 0.533. The van der Waals surface area contributed by atoms with E-state index in [-0.39, 0.29) is 0 Å². The topological polar surface area (TPSA) is 51.8 Å². The fourth-order valence-electron chi connectivity index (χ4n) is 1.78. The van der Waals surface area contributed by atoms with Gasteiger partial charge in [0.2, 0.25) is 0 Å². The van der Waals surface area contributed by atoms with Crippen LogP contribution in [0.1, 0.15) is 24.6 Å². The predicted octanol–water partition coefficient (Wildman–Crippen LogP) is 4.24. The maximum Gasteiger partial charge on any atom is 0.161 e. The zero-order valence-corrected chi connectivity index (χ0v) is 13.8. The van der Waals surface area contributed by atoms with Gasteiger partial charge in [0.25, 0.3) is 0 Å². The molecule has 100 valence electrons. The Morgan fingerprint density at radius 2 is 2.05 bits per heavy atom. The molecule has 0 aliphatic heterocycles. The van der Waals surface area contributed by atoms with Gasteiger partial charge >= 0.3 is 0 Å². The molecular weight excluding hydrogens is 373 g/mol. The zero-order chi connectivity index (χ0) is 14.0. The molecule has 1 aromatic carbocycles. The van der Waals surface area contributed by atoms with Crippen molar-refractivity contribution in [3.05, 3.63) is 38.0 Å². The summed E-state index contributed by atoms with van der Waals surface area (Å²) in [5.74, 6) is 1.18. The average Bonchev–Trinajstić information content (AvgIpc) is 2.38. The Balaban J connectivity index is 2.52. The summed E-state index contributed by atoms with van der Waals surface area (Å²) in [5.41, 5.74) is 8.91. The molecule has 0 aliphatic rings. The van der Waals surface area contributed by atoms with Crippen LogP contribution in [0.4, 0.5) is 5.82 Å². The number of halogens is 2. The van der Waals surface area contributed by atoms with Crippen molar-refractivity contribution in [3.63, 3.8) is 0 Å². The molecule has 1 heterocycles. The van der Waals surface area contributed by atoms with Gasteiger partial charge in [-0.3, -0.25) is 0 Å². The maximum atomic E-state index is 6.15. The molecule has 0 fully saturated rings. The molecular formula is C14H15ClIN3. The predicted molar refractivity (Wildman–Crippen MR) is 88.3 cm³/mol.